The lowest BCUT2D eigenvalue weighted by atomic mass is 10.2. The summed E-state index contributed by atoms with van der Waals surface area (Å²) in [5.74, 6) is 0.306. The van der Waals surface area contributed by atoms with E-state index < -0.39 is 10.0 Å². The molecule has 0 bridgehead atoms. The summed E-state index contributed by atoms with van der Waals surface area (Å²) in [6, 6.07) is 5.16. The molecule has 1 aromatic rings. The summed E-state index contributed by atoms with van der Waals surface area (Å²) in [4.78, 5) is 11.2. The molecule has 0 saturated heterocycles. The van der Waals surface area contributed by atoms with Gasteiger partial charge in [-0.1, -0.05) is 17.8 Å². The maximum absolute atomic E-state index is 12.1. The maximum Gasteiger partial charge on any atom is 0.305 e. The van der Waals surface area contributed by atoms with Crippen LogP contribution in [0.15, 0.2) is 27.5 Å². The number of hydrogen-bond donors (Lipinski definition) is 1. The molecule has 114 valence electrons. The molecule has 8 heteroatoms. The fourth-order valence-electron chi connectivity index (χ4n) is 1.79. The van der Waals surface area contributed by atoms with Crippen LogP contribution in [0.3, 0.4) is 0 Å². The fraction of sp³-hybridized carbons (Fsp3) is 0.385. The first-order valence-electron chi connectivity index (χ1n) is 6.34. The molecule has 6 nitrogen and oxygen atoms in total. The van der Waals surface area contributed by atoms with E-state index >= 15 is 0 Å². The van der Waals surface area contributed by atoms with Gasteiger partial charge < -0.3 is 10.1 Å². The van der Waals surface area contributed by atoms with Crippen molar-refractivity contribution in [2.45, 2.75) is 24.7 Å². The Labute approximate surface area is 128 Å². The van der Waals surface area contributed by atoms with E-state index in [0.29, 0.717) is 29.4 Å². The zero-order valence-corrected chi connectivity index (χ0v) is 13.4. The Kier molecular flexibility index (Phi) is 4.89. The molecule has 1 aliphatic heterocycles. The first kappa shape index (κ1) is 15.8. The van der Waals surface area contributed by atoms with Gasteiger partial charge in [-0.15, -0.1) is 4.40 Å². The molecule has 0 unspecified atom stereocenters. The molecule has 0 saturated carbocycles. The van der Waals surface area contributed by atoms with Gasteiger partial charge in [0.1, 0.15) is 4.90 Å². The van der Waals surface area contributed by atoms with E-state index in [-0.39, 0.29) is 10.9 Å². The van der Waals surface area contributed by atoms with Crippen LogP contribution in [0.25, 0.3) is 0 Å². The van der Waals surface area contributed by atoms with Gasteiger partial charge in [-0.05, 0) is 31.0 Å². The maximum atomic E-state index is 12.1. The van der Waals surface area contributed by atoms with E-state index in [9.17, 15) is 13.2 Å². The van der Waals surface area contributed by atoms with Gasteiger partial charge in [0.25, 0.3) is 10.0 Å². The molecule has 0 spiro atoms. The number of amidine groups is 1. The highest BCUT2D eigenvalue weighted by molar-refractivity contribution is 8.14. The minimum Gasteiger partial charge on any atom is -0.469 e. The van der Waals surface area contributed by atoms with Gasteiger partial charge in [-0.2, -0.15) is 8.42 Å². The predicted molar refractivity (Wildman–Crippen MR) is 83.1 cm³/mol. The van der Waals surface area contributed by atoms with Crippen LogP contribution >= 0.6 is 11.8 Å². The standard InChI is InChI=1S/C13H16N2O4S2/c1-9-5-6-10-11(8-9)21(17,18)15-13(14-10)20-7-3-4-12(16)19-2/h5-6,8H,3-4,7H2,1-2H3,(H,14,15). The smallest absolute Gasteiger partial charge is 0.305 e. The zero-order valence-electron chi connectivity index (χ0n) is 11.8. The second kappa shape index (κ2) is 6.48. The quantitative estimate of drug-likeness (QED) is 0.673. The van der Waals surface area contributed by atoms with E-state index in [2.05, 4.69) is 14.5 Å². The first-order valence-corrected chi connectivity index (χ1v) is 8.77. The average Bonchev–Trinajstić information content (AvgIpc) is 2.43. The summed E-state index contributed by atoms with van der Waals surface area (Å²) in [6.07, 6.45) is 0.901. The van der Waals surface area contributed by atoms with E-state index in [0.717, 1.165) is 5.56 Å². The SMILES string of the molecule is COC(=O)CCCSC1=NS(=O)(=O)c2cc(C)ccc2N1. The van der Waals surface area contributed by atoms with Crippen LogP contribution in [-0.2, 0) is 19.6 Å². The van der Waals surface area contributed by atoms with Crippen LogP contribution in [0.4, 0.5) is 5.69 Å². The van der Waals surface area contributed by atoms with Gasteiger partial charge in [-0.25, -0.2) is 0 Å². The summed E-state index contributed by atoms with van der Waals surface area (Å²) < 4.78 is 32.5. The van der Waals surface area contributed by atoms with E-state index in [4.69, 9.17) is 0 Å². The van der Waals surface area contributed by atoms with Crippen LogP contribution in [0.2, 0.25) is 0 Å². The van der Waals surface area contributed by atoms with E-state index in [1.807, 2.05) is 13.0 Å². The number of aryl methyl sites for hydroxylation is 1. The normalized spacial score (nSPS) is 15.6. The Morgan fingerprint density at radius 2 is 2.19 bits per heavy atom. The number of nitrogens with zero attached hydrogens (tertiary/aromatic N) is 1. The van der Waals surface area contributed by atoms with Crippen LogP contribution in [0, 0.1) is 6.92 Å². The van der Waals surface area contributed by atoms with Gasteiger partial charge in [0.2, 0.25) is 0 Å². The van der Waals surface area contributed by atoms with Crippen molar-refractivity contribution in [1.29, 1.82) is 0 Å². The number of ether oxygens (including phenoxy) is 1. The molecule has 0 radical (unpaired) electrons. The van der Waals surface area contributed by atoms with Crippen LogP contribution in [0.1, 0.15) is 18.4 Å². The van der Waals surface area contributed by atoms with Crippen LogP contribution < -0.4 is 5.32 Å². The molecule has 0 atom stereocenters. The van der Waals surface area contributed by atoms with Gasteiger partial charge in [-0.3, -0.25) is 4.79 Å². The molecular weight excluding hydrogens is 312 g/mol. The highest BCUT2D eigenvalue weighted by Crippen LogP contribution is 2.30. The Balaban J connectivity index is 2.03. The second-order valence-corrected chi connectivity index (χ2v) is 7.18. The average molecular weight is 328 g/mol. The van der Waals surface area contributed by atoms with Crippen molar-refractivity contribution in [3.8, 4) is 0 Å². The molecule has 0 fully saturated rings. The van der Waals surface area contributed by atoms with Crippen molar-refractivity contribution in [2.24, 2.45) is 4.40 Å². The highest BCUT2D eigenvalue weighted by atomic mass is 32.2. The van der Waals surface area contributed by atoms with Gasteiger partial charge >= 0.3 is 5.97 Å². The van der Waals surface area contributed by atoms with Crippen molar-refractivity contribution in [3.63, 3.8) is 0 Å². The monoisotopic (exact) mass is 328 g/mol. The summed E-state index contributed by atoms with van der Waals surface area (Å²) in [6.45, 7) is 1.83. The Morgan fingerprint density at radius 1 is 1.43 bits per heavy atom. The number of carbonyl (C=O) groups is 1. The van der Waals surface area contributed by atoms with Crippen molar-refractivity contribution < 1.29 is 17.9 Å². The number of methoxy groups -OCH3 is 1. The number of thioether (sulfide) groups is 1. The lowest BCUT2D eigenvalue weighted by Gasteiger charge is -2.17. The Hall–Kier alpha value is -1.54. The van der Waals surface area contributed by atoms with Gasteiger partial charge in [0.05, 0.1) is 12.8 Å². The fourth-order valence-corrected chi connectivity index (χ4v) is 4.06. The number of fused-ring (bicyclic) bond motifs is 1. The molecule has 1 N–H and O–H groups in total. The third-order valence-corrected chi connectivity index (χ3v) is 5.24. The van der Waals surface area contributed by atoms with E-state index in [1.165, 1.54) is 18.9 Å². The van der Waals surface area contributed by atoms with Gasteiger partial charge in [0, 0.05) is 12.2 Å². The number of rotatable bonds is 4. The number of benzene rings is 1. The Bertz CT molecular complexity index is 683. The highest BCUT2D eigenvalue weighted by Gasteiger charge is 2.24. The first-order chi connectivity index (χ1) is 9.92. The number of carbonyl (C=O) groups excluding carboxylic acids is 1. The summed E-state index contributed by atoms with van der Waals surface area (Å²) >= 11 is 1.27. The number of hydrogen-bond acceptors (Lipinski definition) is 6. The topological polar surface area (TPSA) is 84.8 Å². The zero-order chi connectivity index (χ0) is 15.5. The van der Waals surface area contributed by atoms with Crippen molar-refractivity contribution in [2.75, 3.05) is 18.2 Å². The minimum absolute atomic E-state index is 0.196. The van der Waals surface area contributed by atoms with Gasteiger partial charge in [0.15, 0.2) is 5.17 Å². The summed E-state index contributed by atoms with van der Waals surface area (Å²) in [5.41, 5.74) is 1.40. The molecule has 1 aliphatic rings. The van der Waals surface area contributed by atoms with Crippen LogP contribution in [0.5, 0.6) is 0 Å². The third-order valence-electron chi connectivity index (χ3n) is 2.85. The summed E-state index contributed by atoms with van der Waals surface area (Å²) in [5, 5.41) is 3.33. The molecule has 1 aromatic carbocycles. The number of sulfonamides is 1. The van der Waals surface area contributed by atoms with Crippen molar-refractivity contribution in [3.05, 3.63) is 23.8 Å². The molecule has 0 amide bonds. The molecule has 2 rings (SSSR count). The van der Waals surface area contributed by atoms with Crippen molar-refractivity contribution in [1.82, 2.24) is 0 Å². The summed E-state index contributed by atoms with van der Waals surface area (Å²) in [7, 11) is -2.32. The largest absolute Gasteiger partial charge is 0.469 e. The molecule has 21 heavy (non-hydrogen) atoms. The van der Waals surface area contributed by atoms with E-state index in [1.54, 1.807) is 12.1 Å². The molecule has 0 aliphatic carbocycles. The second-order valence-electron chi connectivity index (χ2n) is 4.52. The molecule has 1 heterocycles. The van der Waals surface area contributed by atoms with Crippen molar-refractivity contribution >= 4 is 38.6 Å². The van der Waals surface area contributed by atoms with Crippen LogP contribution in [-0.4, -0.2) is 32.4 Å². The minimum atomic E-state index is -3.66. The molecule has 0 aromatic heterocycles. The lowest BCUT2D eigenvalue weighted by molar-refractivity contribution is -0.140. The number of esters is 1. The predicted octanol–water partition coefficient (Wildman–Crippen LogP) is 2.15. The molecular formula is C13H16N2O4S2. The Morgan fingerprint density at radius 3 is 2.90 bits per heavy atom. The number of nitrogens with one attached hydrogen (secondary N) is 1. The third kappa shape index (κ3) is 3.98. The number of anilines is 1. The lowest BCUT2D eigenvalue weighted by Crippen LogP contribution is -2.19.